The predicted octanol–water partition coefficient (Wildman–Crippen LogP) is 0.341. The van der Waals surface area contributed by atoms with Crippen LogP contribution in [0.15, 0.2) is 22.4 Å². The van der Waals surface area contributed by atoms with Gasteiger partial charge in [-0.1, -0.05) is 0 Å². The maximum Gasteiger partial charge on any atom is 0.233 e. The van der Waals surface area contributed by atoms with Gasteiger partial charge in [-0.3, -0.25) is 0 Å². The zero-order chi connectivity index (χ0) is 12.2. The Morgan fingerprint density at radius 2 is 2.28 bits per heavy atom. The largest absolute Gasteiger partial charge is 0.477 e. The lowest BCUT2D eigenvalue weighted by Crippen LogP contribution is -2.38. The van der Waals surface area contributed by atoms with Gasteiger partial charge in [-0.25, -0.2) is 5.53 Å². The van der Waals surface area contributed by atoms with Gasteiger partial charge in [0.05, 0.1) is 6.61 Å². The highest BCUT2D eigenvalue weighted by Gasteiger charge is 2.19. The van der Waals surface area contributed by atoms with E-state index in [1.165, 1.54) is 0 Å². The second-order valence-corrected chi connectivity index (χ2v) is 4.47. The lowest BCUT2D eigenvalue weighted by Gasteiger charge is -2.22. The van der Waals surface area contributed by atoms with Crippen LogP contribution >= 0.6 is 0 Å². The Labute approximate surface area is 105 Å². The minimum absolute atomic E-state index is 0.609. The van der Waals surface area contributed by atoms with Gasteiger partial charge < -0.3 is 9.47 Å². The van der Waals surface area contributed by atoms with Crippen molar-refractivity contribution in [3.63, 3.8) is 0 Å². The number of ether oxygens (including phenoxy) is 2. The summed E-state index contributed by atoms with van der Waals surface area (Å²) in [4.78, 5) is 0. The van der Waals surface area contributed by atoms with E-state index in [0.29, 0.717) is 12.5 Å². The Morgan fingerprint density at radius 1 is 1.39 bits per heavy atom. The Morgan fingerprint density at radius 3 is 3.17 bits per heavy atom. The average Bonchev–Trinajstić information content (AvgIpc) is 2.87. The molecular weight excluding hydrogens is 234 g/mol. The zero-order valence-electron chi connectivity index (χ0n) is 10.1. The number of nitrogens with one attached hydrogen (secondary N) is 2. The quantitative estimate of drug-likeness (QED) is 0.757. The molecule has 0 spiro atoms. The van der Waals surface area contributed by atoms with Crippen molar-refractivity contribution in [2.75, 3.05) is 19.8 Å². The molecule has 3 aliphatic rings. The van der Waals surface area contributed by atoms with E-state index in [-0.39, 0.29) is 0 Å². The van der Waals surface area contributed by atoms with Crippen molar-refractivity contribution in [3.05, 3.63) is 12.2 Å². The number of hydrogen-bond donors (Lipinski definition) is 2. The van der Waals surface area contributed by atoms with Crippen molar-refractivity contribution in [3.8, 4) is 0 Å². The van der Waals surface area contributed by atoms with Gasteiger partial charge in [0, 0.05) is 19.3 Å². The molecule has 0 amide bonds. The molecule has 3 rings (SSSR count). The lowest BCUT2D eigenvalue weighted by molar-refractivity contribution is 0.0587. The van der Waals surface area contributed by atoms with Crippen LogP contribution in [0.5, 0.6) is 0 Å². The molecule has 0 bridgehead atoms. The van der Waals surface area contributed by atoms with Gasteiger partial charge in [0.15, 0.2) is 5.84 Å². The van der Waals surface area contributed by atoms with Crippen LogP contribution in [0.25, 0.3) is 0 Å². The summed E-state index contributed by atoms with van der Waals surface area (Å²) in [5, 5.41) is 9.75. The monoisotopic (exact) mass is 251 g/mol. The number of hydrazine groups is 2. The SMILES string of the molecule is C1=CC2=NNNN2N=C1OCCC1CCOCC1. The lowest BCUT2D eigenvalue weighted by atomic mass is 9.97. The van der Waals surface area contributed by atoms with Gasteiger partial charge in [0.25, 0.3) is 0 Å². The fourth-order valence-corrected chi connectivity index (χ4v) is 2.14. The van der Waals surface area contributed by atoms with Crippen LogP contribution in [0.1, 0.15) is 19.3 Å². The molecule has 98 valence electrons. The van der Waals surface area contributed by atoms with Crippen LogP contribution in [0, 0.1) is 5.92 Å². The van der Waals surface area contributed by atoms with Gasteiger partial charge in [0.1, 0.15) is 0 Å². The molecule has 0 aromatic rings. The number of fused-ring (bicyclic) bond motifs is 1. The van der Waals surface area contributed by atoms with E-state index in [2.05, 4.69) is 21.3 Å². The van der Waals surface area contributed by atoms with E-state index >= 15 is 0 Å². The van der Waals surface area contributed by atoms with E-state index in [0.717, 1.165) is 44.2 Å². The first kappa shape index (κ1) is 11.5. The highest BCUT2D eigenvalue weighted by atomic mass is 16.5. The maximum absolute atomic E-state index is 5.65. The smallest absolute Gasteiger partial charge is 0.233 e. The third-order valence-electron chi connectivity index (χ3n) is 3.23. The molecule has 0 saturated carbocycles. The molecule has 18 heavy (non-hydrogen) atoms. The van der Waals surface area contributed by atoms with Crippen molar-refractivity contribution in [1.82, 2.24) is 16.2 Å². The Bertz CT molecular complexity index is 387. The second kappa shape index (κ2) is 5.36. The first-order valence-corrected chi connectivity index (χ1v) is 6.27. The third-order valence-corrected chi connectivity index (χ3v) is 3.23. The highest BCUT2D eigenvalue weighted by molar-refractivity contribution is 6.03. The van der Waals surface area contributed by atoms with E-state index in [1.807, 2.05) is 12.2 Å². The molecule has 7 heteroatoms. The minimum Gasteiger partial charge on any atom is -0.477 e. The molecule has 0 aromatic heterocycles. The van der Waals surface area contributed by atoms with Crippen LogP contribution in [0.2, 0.25) is 0 Å². The number of rotatable bonds is 3. The average molecular weight is 251 g/mol. The molecule has 0 unspecified atom stereocenters. The number of hydrazone groups is 2. The molecule has 1 fully saturated rings. The molecule has 3 aliphatic heterocycles. The van der Waals surface area contributed by atoms with Crippen LogP contribution in [-0.4, -0.2) is 36.7 Å². The molecule has 3 heterocycles. The maximum atomic E-state index is 5.65. The van der Waals surface area contributed by atoms with Gasteiger partial charge >= 0.3 is 0 Å². The molecule has 0 atom stereocenters. The van der Waals surface area contributed by atoms with Gasteiger partial charge in [0.2, 0.25) is 5.90 Å². The van der Waals surface area contributed by atoms with Gasteiger partial charge in [-0.2, -0.15) is 5.12 Å². The van der Waals surface area contributed by atoms with E-state index in [9.17, 15) is 0 Å². The molecular formula is C11H17N5O2. The Hall–Kier alpha value is -1.60. The Kier molecular flexibility index (Phi) is 3.42. The Balaban J connectivity index is 1.43. The summed E-state index contributed by atoms with van der Waals surface area (Å²) < 4.78 is 11.0. The fourth-order valence-electron chi connectivity index (χ4n) is 2.14. The van der Waals surface area contributed by atoms with E-state index in [4.69, 9.17) is 9.47 Å². The molecule has 1 saturated heterocycles. The minimum atomic E-state index is 0.609. The summed E-state index contributed by atoms with van der Waals surface area (Å²) in [5.41, 5.74) is 5.40. The highest BCUT2D eigenvalue weighted by Crippen LogP contribution is 2.18. The molecule has 2 N–H and O–H groups in total. The number of nitrogens with zero attached hydrogens (tertiary/aromatic N) is 3. The number of hydrogen-bond acceptors (Lipinski definition) is 7. The predicted molar refractivity (Wildman–Crippen MR) is 66.2 cm³/mol. The van der Waals surface area contributed by atoms with Crippen molar-refractivity contribution in [2.24, 2.45) is 16.1 Å². The van der Waals surface area contributed by atoms with Gasteiger partial charge in [-0.15, -0.1) is 15.7 Å². The molecule has 7 nitrogen and oxygen atoms in total. The topological polar surface area (TPSA) is 70.5 Å². The zero-order valence-corrected chi connectivity index (χ0v) is 10.1. The fraction of sp³-hybridized carbons (Fsp3) is 0.636. The first-order valence-electron chi connectivity index (χ1n) is 6.27. The molecule has 0 aliphatic carbocycles. The summed E-state index contributed by atoms with van der Waals surface area (Å²) in [7, 11) is 0. The number of amidine groups is 1. The van der Waals surface area contributed by atoms with Crippen LogP contribution in [0.4, 0.5) is 0 Å². The summed E-state index contributed by atoms with van der Waals surface area (Å²) in [6, 6.07) is 0. The molecule has 0 aromatic carbocycles. The first-order chi connectivity index (χ1) is 8.92. The summed E-state index contributed by atoms with van der Waals surface area (Å²) >= 11 is 0. The second-order valence-electron chi connectivity index (χ2n) is 4.47. The van der Waals surface area contributed by atoms with Crippen molar-refractivity contribution in [2.45, 2.75) is 19.3 Å². The standard InChI is InChI=1S/C11H17N5O2/c1-2-11(13-16-10(1)12-14-15-16)18-8-5-9-3-6-17-7-4-9/h1-2,9,14-15H,3-8H2. The van der Waals surface area contributed by atoms with E-state index < -0.39 is 0 Å². The summed E-state index contributed by atoms with van der Waals surface area (Å²) in [6.07, 6.45) is 7.01. The van der Waals surface area contributed by atoms with Crippen molar-refractivity contribution in [1.29, 1.82) is 0 Å². The third kappa shape index (κ3) is 2.62. The van der Waals surface area contributed by atoms with Crippen LogP contribution in [0.3, 0.4) is 0 Å². The van der Waals surface area contributed by atoms with Crippen LogP contribution < -0.4 is 11.1 Å². The van der Waals surface area contributed by atoms with Crippen LogP contribution in [-0.2, 0) is 9.47 Å². The summed E-state index contributed by atoms with van der Waals surface area (Å²) in [5.74, 6) is 2.06. The molecule has 0 radical (unpaired) electrons. The van der Waals surface area contributed by atoms with E-state index in [1.54, 1.807) is 5.12 Å². The van der Waals surface area contributed by atoms with Crippen molar-refractivity contribution >= 4 is 11.7 Å². The summed E-state index contributed by atoms with van der Waals surface area (Å²) in [6.45, 7) is 2.46. The normalized spacial score (nSPS) is 23.2. The van der Waals surface area contributed by atoms with Gasteiger partial charge in [-0.05, 0) is 31.3 Å². The van der Waals surface area contributed by atoms with Crippen molar-refractivity contribution < 1.29 is 9.47 Å².